The third-order valence-electron chi connectivity index (χ3n) is 9.84. The summed E-state index contributed by atoms with van der Waals surface area (Å²) in [7, 11) is 1.28. The summed E-state index contributed by atoms with van der Waals surface area (Å²) in [5.74, 6) is 0.595. The molecule has 18 heteroatoms. The third kappa shape index (κ3) is 7.16. The highest BCUT2D eigenvalue weighted by atomic mass is 32.1. The van der Waals surface area contributed by atoms with Crippen molar-refractivity contribution in [3.8, 4) is 21.4 Å². The Kier molecular flexibility index (Phi) is 10.1. The molecule has 0 spiro atoms. The number of amides is 4. The van der Waals surface area contributed by atoms with Crippen molar-refractivity contribution in [1.82, 2.24) is 50.3 Å². The van der Waals surface area contributed by atoms with Crippen molar-refractivity contribution >= 4 is 67.1 Å². The highest BCUT2D eigenvalue weighted by Crippen LogP contribution is 2.39. The average molecular weight is 763 g/mol. The third-order valence-corrected chi connectivity index (χ3v) is 11.9. The molecule has 1 unspecified atom stereocenters. The predicted molar refractivity (Wildman–Crippen MR) is 199 cm³/mol. The number of nitrogens with zero attached hydrogens (tertiary/aromatic N) is 6. The molecule has 0 aliphatic carbocycles. The molecule has 2 saturated heterocycles. The summed E-state index contributed by atoms with van der Waals surface area (Å²) in [5, 5.41) is 15.8. The lowest BCUT2D eigenvalue weighted by atomic mass is 10.0. The first kappa shape index (κ1) is 36.3. The second kappa shape index (κ2) is 14.7. The van der Waals surface area contributed by atoms with E-state index in [9.17, 15) is 24.3 Å². The first-order valence-electron chi connectivity index (χ1n) is 17.7. The van der Waals surface area contributed by atoms with E-state index in [1.807, 2.05) is 46.0 Å². The maximum Gasteiger partial charge on any atom is 0.407 e. The Balaban J connectivity index is 1.07. The smallest absolute Gasteiger partial charge is 0.407 e. The van der Waals surface area contributed by atoms with Crippen LogP contribution in [0.5, 0.6) is 0 Å². The molecule has 5 aromatic rings. The van der Waals surface area contributed by atoms with Crippen LogP contribution in [0.1, 0.15) is 77.1 Å². The van der Waals surface area contributed by atoms with Crippen molar-refractivity contribution in [3.05, 3.63) is 36.2 Å². The fourth-order valence-electron chi connectivity index (χ4n) is 7.14. The minimum atomic E-state index is -1.22. The van der Waals surface area contributed by atoms with Crippen LogP contribution in [0.3, 0.4) is 0 Å². The van der Waals surface area contributed by atoms with E-state index < -0.39 is 24.3 Å². The summed E-state index contributed by atoms with van der Waals surface area (Å²) < 4.78 is 6.66. The first-order chi connectivity index (χ1) is 25.4. The molecule has 2 aliphatic heterocycles. The molecular weight excluding hydrogens is 721 g/mol. The molecule has 0 bridgehead atoms. The highest BCUT2D eigenvalue weighted by molar-refractivity contribution is 7.23. The molecule has 4 amide bonds. The Hall–Kier alpha value is -5.10. The number of thiazole rings is 2. The summed E-state index contributed by atoms with van der Waals surface area (Å²) >= 11 is 3.01. The largest absolute Gasteiger partial charge is 0.465 e. The van der Waals surface area contributed by atoms with E-state index in [2.05, 4.69) is 20.6 Å². The van der Waals surface area contributed by atoms with Crippen molar-refractivity contribution < 1.29 is 29.0 Å². The predicted octanol–water partition coefficient (Wildman–Crippen LogP) is 5.69. The van der Waals surface area contributed by atoms with Gasteiger partial charge in [-0.05, 0) is 49.7 Å². The van der Waals surface area contributed by atoms with Gasteiger partial charge < -0.3 is 40.2 Å². The van der Waals surface area contributed by atoms with E-state index in [1.165, 1.54) is 29.8 Å². The number of alkyl carbamates (subject to hydrolysis) is 1. The SMILES string of the molecule is COC(=O)N[C@H](C(=O)N1CCCC1c1nc(-c2nc3cc4sc(-c5c[nH]c([C@@H]6CCCN6C(=O)[C@H](NC(=O)O)C(C)C)n5)nc4cc3s2)c[nH]1)C(C)C. The number of ether oxygens (including phenoxy) is 1. The van der Waals surface area contributed by atoms with Crippen LogP contribution in [-0.4, -0.2) is 101 Å². The maximum atomic E-state index is 13.6. The second-order valence-corrected chi connectivity index (χ2v) is 16.1. The molecule has 6 heterocycles. The van der Waals surface area contributed by atoms with Gasteiger partial charge in [-0.25, -0.2) is 29.5 Å². The van der Waals surface area contributed by atoms with Crippen molar-refractivity contribution in [2.45, 2.75) is 77.5 Å². The van der Waals surface area contributed by atoms with Gasteiger partial charge in [0.2, 0.25) is 11.8 Å². The summed E-state index contributed by atoms with van der Waals surface area (Å²) in [6, 6.07) is 1.97. The standard InChI is InChI=1S/C35H42N10O6S2/c1-16(2)26(42-34(48)49)32(46)44-10-6-8-22(44)28-36-14-20(38-28)30-40-18-12-25-19(13-24(18)52-30)41-31(53-25)21-15-37-29(39-21)23-9-7-11-45(23)33(47)27(17(3)4)43-35(50)51-5/h12-17,22-23,26-27,42H,6-11H2,1-5H3,(H,36,38)(H,37,39)(H,43,50)(H,48,49)/t22-,23?,26+,27-/m0/s1. The van der Waals surface area contributed by atoms with Crippen LogP contribution < -0.4 is 10.6 Å². The van der Waals surface area contributed by atoms with Gasteiger partial charge in [-0.3, -0.25) is 9.59 Å². The van der Waals surface area contributed by atoms with Gasteiger partial charge in [-0.2, -0.15) is 0 Å². The van der Waals surface area contributed by atoms with Crippen LogP contribution in [-0.2, 0) is 14.3 Å². The minimum absolute atomic E-state index is 0.122. The molecule has 2 aliphatic rings. The lowest BCUT2D eigenvalue weighted by Crippen LogP contribution is -2.51. The Morgan fingerprint density at radius 2 is 1.23 bits per heavy atom. The number of carbonyl (C=O) groups excluding carboxylic acids is 3. The summed E-state index contributed by atoms with van der Waals surface area (Å²) in [5.41, 5.74) is 3.00. The zero-order valence-electron chi connectivity index (χ0n) is 30.0. The van der Waals surface area contributed by atoms with Gasteiger partial charge in [0.25, 0.3) is 0 Å². The van der Waals surface area contributed by atoms with E-state index >= 15 is 0 Å². The van der Waals surface area contributed by atoms with Crippen LogP contribution in [0.25, 0.3) is 41.8 Å². The Labute approximate surface area is 312 Å². The van der Waals surface area contributed by atoms with Crippen LogP contribution in [0, 0.1) is 11.8 Å². The van der Waals surface area contributed by atoms with Crippen LogP contribution in [0.15, 0.2) is 24.5 Å². The number of hydrogen-bond donors (Lipinski definition) is 5. The zero-order valence-corrected chi connectivity index (χ0v) is 31.6. The van der Waals surface area contributed by atoms with Gasteiger partial charge in [-0.15, -0.1) is 22.7 Å². The first-order valence-corrected chi connectivity index (χ1v) is 19.3. The number of aromatic nitrogens is 6. The fourth-order valence-corrected chi connectivity index (χ4v) is 9.02. The Morgan fingerprint density at radius 3 is 1.64 bits per heavy atom. The van der Waals surface area contributed by atoms with Crippen molar-refractivity contribution in [2.24, 2.45) is 11.8 Å². The number of carboxylic acid groups (broad SMARTS) is 1. The van der Waals surface area contributed by atoms with Gasteiger partial charge in [0, 0.05) is 25.5 Å². The number of carbonyl (C=O) groups is 4. The summed E-state index contributed by atoms with van der Waals surface area (Å²) in [4.78, 5) is 79.8. The molecule has 1 aromatic carbocycles. The molecule has 7 rings (SSSR count). The number of hydrogen-bond acceptors (Lipinski definition) is 11. The maximum absolute atomic E-state index is 13.6. The molecular formula is C35H42N10O6S2. The van der Waals surface area contributed by atoms with Gasteiger partial charge in [-0.1, -0.05) is 27.7 Å². The minimum Gasteiger partial charge on any atom is -0.465 e. The number of H-pyrrole nitrogens is 2. The van der Waals surface area contributed by atoms with Gasteiger partial charge in [0.1, 0.15) is 45.1 Å². The lowest BCUT2D eigenvalue weighted by molar-refractivity contribution is -0.136. The summed E-state index contributed by atoms with van der Waals surface area (Å²) in [6.07, 6.45) is 4.86. The second-order valence-electron chi connectivity index (χ2n) is 14.1. The molecule has 0 saturated carbocycles. The van der Waals surface area contributed by atoms with Gasteiger partial charge >= 0.3 is 12.2 Å². The topological polar surface area (TPSA) is 211 Å². The van der Waals surface area contributed by atoms with Crippen LogP contribution in [0.4, 0.5) is 9.59 Å². The number of aromatic amines is 2. The van der Waals surface area contributed by atoms with Crippen LogP contribution >= 0.6 is 22.7 Å². The Morgan fingerprint density at radius 1 is 0.774 bits per heavy atom. The molecule has 0 radical (unpaired) electrons. The van der Waals surface area contributed by atoms with E-state index in [0.29, 0.717) is 36.1 Å². The number of nitrogens with one attached hydrogen (secondary N) is 4. The molecule has 4 aromatic heterocycles. The van der Waals surface area contributed by atoms with Gasteiger partial charge in [0.05, 0.1) is 39.6 Å². The average Bonchev–Trinajstić information content (AvgIpc) is 3.96. The monoisotopic (exact) mass is 762 g/mol. The fraction of sp³-hybridized carbons (Fsp3) is 0.486. The van der Waals surface area contributed by atoms with E-state index in [1.54, 1.807) is 16.0 Å². The zero-order chi connectivity index (χ0) is 37.6. The molecule has 53 heavy (non-hydrogen) atoms. The Bertz CT molecular complexity index is 2120. The lowest BCUT2D eigenvalue weighted by Gasteiger charge is -2.29. The van der Waals surface area contributed by atoms with Crippen molar-refractivity contribution in [1.29, 1.82) is 0 Å². The quantitative estimate of drug-likeness (QED) is 0.117. The molecule has 2 fully saturated rings. The number of fused-ring (bicyclic) bond motifs is 2. The van der Waals surface area contributed by atoms with Crippen molar-refractivity contribution in [3.63, 3.8) is 0 Å². The highest BCUT2D eigenvalue weighted by Gasteiger charge is 2.39. The van der Waals surface area contributed by atoms with Crippen molar-refractivity contribution in [2.75, 3.05) is 20.2 Å². The number of methoxy groups -OCH3 is 1. The van der Waals surface area contributed by atoms with Crippen LogP contribution in [0.2, 0.25) is 0 Å². The molecule has 5 N–H and O–H groups in total. The van der Waals surface area contributed by atoms with E-state index in [4.69, 9.17) is 24.7 Å². The van der Waals surface area contributed by atoms with E-state index in [-0.39, 0.29) is 35.7 Å². The van der Waals surface area contributed by atoms with Gasteiger partial charge in [0.15, 0.2) is 0 Å². The van der Waals surface area contributed by atoms with E-state index in [0.717, 1.165) is 56.1 Å². The molecule has 280 valence electrons. The molecule has 16 nitrogen and oxygen atoms in total. The molecule has 4 atom stereocenters. The number of likely N-dealkylation sites (tertiary alicyclic amines) is 2. The summed E-state index contributed by atoms with van der Waals surface area (Å²) in [6.45, 7) is 8.52. The number of rotatable bonds is 10. The number of benzene rings is 1. The number of imidazole rings is 2. The normalized spacial score (nSPS) is 18.7.